The average Bonchev–Trinajstić information content (AvgIpc) is 3.11. The molecule has 142 valence electrons. The Morgan fingerprint density at radius 2 is 1.81 bits per heavy atom. The fraction of sp³-hybridized carbons (Fsp3) is 0.389. The van der Waals surface area contributed by atoms with Crippen LogP contribution in [-0.2, 0) is 6.18 Å². The van der Waals surface area contributed by atoms with Crippen molar-refractivity contribution in [1.29, 1.82) is 0 Å². The van der Waals surface area contributed by atoms with Gasteiger partial charge >= 0.3 is 6.18 Å². The summed E-state index contributed by atoms with van der Waals surface area (Å²) in [5.74, 6) is 0.488. The number of rotatable bonds is 3. The molecular weight excluding hydrogens is 359 g/mol. The van der Waals surface area contributed by atoms with Crippen molar-refractivity contribution in [3.05, 3.63) is 36.2 Å². The highest BCUT2D eigenvalue weighted by Crippen LogP contribution is 2.38. The molecule has 1 fully saturated rings. The fourth-order valence-electron chi connectivity index (χ4n) is 3.28. The van der Waals surface area contributed by atoms with Crippen LogP contribution in [0.25, 0.3) is 22.7 Å². The Bertz CT molecular complexity index is 948. The zero-order chi connectivity index (χ0) is 19.0. The van der Waals surface area contributed by atoms with Crippen molar-refractivity contribution in [2.75, 3.05) is 37.6 Å². The Kier molecular flexibility index (Phi) is 4.47. The second kappa shape index (κ2) is 6.80. The van der Waals surface area contributed by atoms with E-state index in [0.29, 0.717) is 11.3 Å². The van der Waals surface area contributed by atoms with Crippen LogP contribution in [-0.4, -0.2) is 52.6 Å². The molecule has 0 radical (unpaired) electrons. The van der Waals surface area contributed by atoms with E-state index in [9.17, 15) is 13.2 Å². The molecule has 0 amide bonds. The SMILES string of the molecule is CCN1CCN(c2ncnc3oc(-c4ccccc4C(F)(F)F)nc23)CC1. The quantitative estimate of drug-likeness (QED) is 0.697. The van der Waals surface area contributed by atoms with Gasteiger partial charge < -0.3 is 14.2 Å². The van der Waals surface area contributed by atoms with E-state index in [4.69, 9.17) is 4.42 Å². The number of fused-ring (bicyclic) bond motifs is 1. The number of alkyl halides is 3. The molecule has 1 aliphatic rings. The molecule has 3 heterocycles. The van der Waals surface area contributed by atoms with E-state index in [1.54, 1.807) is 0 Å². The lowest BCUT2D eigenvalue weighted by Crippen LogP contribution is -2.46. The summed E-state index contributed by atoms with van der Waals surface area (Å²) in [5, 5.41) is 0. The van der Waals surface area contributed by atoms with Crippen molar-refractivity contribution >= 4 is 17.0 Å². The number of hydrogen-bond acceptors (Lipinski definition) is 6. The third kappa shape index (κ3) is 3.34. The topological polar surface area (TPSA) is 58.3 Å². The summed E-state index contributed by atoms with van der Waals surface area (Å²) in [7, 11) is 0. The van der Waals surface area contributed by atoms with E-state index in [2.05, 4.69) is 31.7 Å². The molecule has 0 atom stereocenters. The van der Waals surface area contributed by atoms with E-state index < -0.39 is 11.7 Å². The number of nitrogens with zero attached hydrogens (tertiary/aromatic N) is 5. The van der Waals surface area contributed by atoms with Crippen molar-refractivity contribution in [3.63, 3.8) is 0 Å². The molecule has 1 aromatic carbocycles. The van der Waals surface area contributed by atoms with Crippen LogP contribution in [0, 0.1) is 0 Å². The van der Waals surface area contributed by atoms with Gasteiger partial charge in [0.1, 0.15) is 6.33 Å². The van der Waals surface area contributed by atoms with Gasteiger partial charge in [-0.15, -0.1) is 0 Å². The molecule has 0 aliphatic carbocycles. The van der Waals surface area contributed by atoms with Crippen LogP contribution in [0.1, 0.15) is 12.5 Å². The smallest absolute Gasteiger partial charge is 0.417 e. The first-order valence-corrected chi connectivity index (χ1v) is 8.73. The Morgan fingerprint density at radius 1 is 1.07 bits per heavy atom. The van der Waals surface area contributed by atoms with Gasteiger partial charge in [0, 0.05) is 31.7 Å². The van der Waals surface area contributed by atoms with Gasteiger partial charge in [-0.2, -0.15) is 18.2 Å². The van der Waals surface area contributed by atoms with Crippen LogP contribution in [0.15, 0.2) is 35.0 Å². The summed E-state index contributed by atoms with van der Waals surface area (Å²) in [5.41, 5.74) is -0.327. The average molecular weight is 377 g/mol. The number of hydrogen-bond donors (Lipinski definition) is 0. The minimum atomic E-state index is -4.50. The van der Waals surface area contributed by atoms with Crippen molar-refractivity contribution in [1.82, 2.24) is 19.9 Å². The second-order valence-electron chi connectivity index (χ2n) is 6.33. The molecule has 1 saturated heterocycles. The number of halogens is 3. The first-order valence-electron chi connectivity index (χ1n) is 8.73. The minimum absolute atomic E-state index is 0.105. The molecule has 1 aliphatic heterocycles. The Morgan fingerprint density at radius 3 is 2.52 bits per heavy atom. The summed E-state index contributed by atoms with van der Waals surface area (Å²) in [6.45, 7) is 6.41. The van der Waals surface area contributed by atoms with Crippen LogP contribution in [0.2, 0.25) is 0 Å². The minimum Gasteiger partial charge on any atom is -0.417 e. The van der Waals surface area contributed by atoms with Crippen LogP contribution >= 0.6 is 0 Å². The van der Waals surface area contributed by atoms with Gasteiger partial charge in [-0.25, -0.2) is 9.97 Å². The van der Waals surface area contributed by atoms with Gasteiger partial charge in [-0.05, 0) is 18.7 Å². The maximum atomic E-state index is 13.3. The van der Waals surface area contributed by atoms with E-state index in [-0.39, 0.29) is 17.2 Å². The number of aromatic nitrogens is 3. The maximum Gasteiger partial charge on any atom is 0.417 e. The summed E-state index contributed by atoms with van der Waals surface area (Å²) >= 11 is 0. The highest BCUT2D eigenvalue weighted by Gasteiger charge is 2.35. The van der Waals surface area contributed by atoms with Gasteiger partial charge in [0.2, 0.25) is 5.89 Å². The molecule has 6 nitrogen and oxygen atoms in total. The van der Waals surface area contributed by atoms with Gasteiger partial charge in [-0.1, -0.05) is 19.1 Å². The number of piperazine rings is 1. The van der Waals surface area contributed by atoms with Crippen molar-refractivity contribution in [2.45, 2.75) is 13.1 Å². The zero-order valence-electron chi connectivity index (χ0n) is 14.7. The van der Waals surface area contributed by atoms with Crippen LogP contribution in [0.5, 0.6) is 0 Å². The third-order valence-corrected chi connectivity index (χ3v) is 4.76. The number of likely N-dealkylation sites (N-methyl/N-ethyl adjacent to an activating group) is 1. The standard InChI is InChI=1S/C18H18F3N5O/c1-2-25-7-9-26(10-8-25)15-14-17(23-11-22-15)27-16(24-14)12-5-3-4-6-13(12)18(19,20)21/h3-6,11H,2,7-10H2,1H3. The van der Waals surface area contributed by atoms with E-state index in [0.717, 1.165) is 38.8 Å². The Labute approximate surface area is 153 Å². The highest BCUT2D eigenvalue weighted by atomic mass is 19.4. The second-order valence-corrected chi connectivity index (χ2v) is 6.33. The maximum absolute atomic E-state index is 13.3. The third-order valence-electron chi connectivity index (χ3n) is 4.76. The molecule has 4 rings (SSSR count). The molecule has 0 N–H and O–H groups in total. The van der Waals surface area contributed by atoms with Crippen molar-refractivity contribution in [3.8, 4) is 11.5 Å². The molecule has 0 unspecified atom stereocenters. The molecule has 27 heavy (non-hydrogen) atoms. The predicted octanol–water partition coefficient (Wildman–Crippen LogP) is 3.45. The Hall–Kier alpha value is -2.68. The predicted molar refractivity (Wildman–Crippen MR) is 94.4 cm³/mol. The molecule has 3 aromatic rings. The highest BCUT2D eigenvalue weighted by molar-refractivity contribution is 5.84. The lowest BCUT2D eigenvalue weighted by Gasteiger charge is -2.34. The van der Waals surface area contributed by atoms with Gasteiger partial charge in [0.15, 0.2) is 11.3 Å². The molecule has 9 heteroatoms. The summed E-state index contributed by atoms with van der Waals surface area (Å²) < 4.78 is 45.5. The first-order chi connectivity index (χ1) is 13.0. The summed E-state index contributed by atoms with van der Waals surface area (Å²) in [6, 6.07) is 5.23. The number of benzene rings is 1. The molecule has 0 saturated carbocycles. The van der Waals surface area contributed by atoms with Crippen LogP contribution in [0.3, 0.4) is 0 Å². The lowest BCUT2D eigenvalue weighted by molar-refractivity contribution is -0.137. The molecular formula is C18H18F3N5O. The summed E-state index contributed by atoms with van der Waals surface area (Å²) in [6.07, 6.45) is -3.14. The van der Waals surface area contributed by atoms with E-state index in [1.807, 2.05) is 0 Å². The van der Waals surface area contributed by atoms with Crippen LogP contribution in [0.4, 0.5) is 19.0 Å². The van der Waals surface area contributed by atoms with E-state index >= 15 is 0 Å². The first kappa shape index (κ1) is 17.7. The molecule has 2 aromatic heterocycles. The van der Waals surface area contributed by atoms with Crippen molar-refractivity contribution in [2.24, 2.45) is 0 Å². The van der Waals surface area contributed by atoms with Gasteiger partial charge in [0.25, 0.3) is 5.71 Å². The number of oxazole rings is 1. The van der Waals surface area contributed by atoms with Crippen LogP contribution < -0.4 is 4.90 Å². The molecule has 0 spiro atoms. The fourth-order valence-corrected chi connectivity index (χ4v) is 3.28. The normalized spacial score (nSPS) is 16.2. The largest absolute Gasteiger partial charge is 0.417 e. The summed E-state index contributed by atoms with van der Waals surface area (Å²) in [4.78, 5) is 17.1. The van der Waals surface area contributed by atoms with Gasteiger partial charge in [0.05, 0.1) is 5.56 Å². The lowest BCUT2D eigenvalue weighted by atomic mass is 10.1. The van der Waals surface area contributed by atoms with Crippen molar-refractivity contribution < 1.29 is 17.6 Å². The van der Waals surface area contributed by atoms with Gasteiger partial charge in [-0.3, -0.25) is 0 Å². The van der Waals surface area contributed by atoms with E-state index in [1.165, 1.54) is 24.5 Å². The monoisotopic (exact) mass is 377 g/mol. The Balaban J connectivity index is 1.75. The number of anilines is 1. The molecule has 0 bridgehead atoms. The zero-order valence-corrected chi connectivity index (χ0v) is 14.7.